The lowest BCUT2D eigenvalue weighted by molar-refractivity contribution is 0.660. The minimum Gasteiger partial charge on any atom is -0.208 e. The van der Waals surface area contributed by atoms with Crippen LogP contribution < -0.4 is 0 Å². The fourth-order valence-electron chi connectivity index (χ4n) is 9.70. The molecule has 0 radical (unpaired) electrons. The van der Waals surface area contributed by atoms with Crippen molar-refractivity contribution in [1.82, 2.24) is 15.0 Å². The molecule has 0 N–H and O–H groups in total. The van der Waals surface area contributed by atoms with E-state index in [1.807, 2.05) is 0 Å². The summed E-state index contributed by atoms with van der Waals surface area (Å²) in [5.74, 6) is 1.94. The topological polar surface area (TPSA) is 38.7 Å². The Morgan fingerprint density at radius 3 is 1.41 bits per heavy atom. The van der Waals surface area contributed by atoms with Gasteiger partial charge in [-0.3, -0.25) is 0 Å². The average Bonchev–Trinajstić information content (AvgIpc) is 3.53. The number of fused-ring (bicyclic) bond motifs is 10. The standard InChI is InChI=1S/C56H37N3/c1-56(2)51-20-8-7-15-48(51)50-33-38(27-30-52(50)56)43-16-9-18-47-46(43)17-10-19-49(47)55-58-53(39-25-28-44-36(31-39)23-21-34-11-3-5-13-41(34)44)57-54(59-55)40-26-29-45-37(32-40)24-22-35-12-4-6-14-42(35)45/h3-33H,1-2H3. The molecule has 276 valence electrons. The Hall–Kier alpha value is -7.49. The molecule has 1 heterocycles. The fraction of sp³-hybridized carbons (Fsp3) is 0.0536. The summed E-state index contributed by atoms with van der Waals surface area (Å²) in [4.78, 5) is 15.8. The second kappa shape index (κ2) is 12.8. The Bertz CT molecular complexity index is 3410. The minimum atomic E-state index is -0.0395. The van der Waals surface area contributed by atoms with Gasteiger partial charge in [0.2, 0.25) is 0 Å². The van der Waals surface area contributed by atoms with Crippen molar-refractivity contribution in [3.8, 4) is 56.4 Å². The number of hydrogen-bond donors (Lipinski definition) is 0. The molecule has 1 aliphatic carbocycles. The molecule has 0 unspecified atom stereocenters. The molecule has 0 fully saturated rings. The smallest absolute Gasteiger partial charge is 0.164 e. The van der Waals surface area contributed by atoms with Crippen LogP contribution in [-0.2, 0) is 5.41 Å². The van der Waals surface area contributed by atoms with Crippen LogP contribution in [0.3, 0.4) is 0 Å². The molecule has 1 aromatic heterocycles. The second-order valence-corrected chi connectivity index (χ2v) is 16.4. The normalized spacial score (nSPS) is 13.1. The van der Waals surface area contributed by atoms with E-state index in [0.29, 0.717) is 17.5 Å². The van der Waals surface area contributed by atoms with E-state index >= 15 is 0 Å². The maximum atomic E-state index is 5.29. The van der Waals surface area contributed by atoms with Gasteiger partial charge in [-0.1, -0.05) is 184 Å². The minimum absolute atomic E-state index is 0.0395. The summed E-state index contributed by atoms with van der Waals surface area (Å²) in [6.07, 6.45) is 0. The first-order valence-corrected chi connectivity index (χ1v) is 20.3. The molecule has 0 saturated heterocycles. The van der Waals surface area contributed by atoms with E-state index in [2.05, 4.69) is 202 Å². The molecule has 12 rings (SSSR count). The van der Waals surface area contributed by atoms with Crippen molar-refractivity contribution in [3.05, 3.63) is 199 Å². The Labute approximate surface area is 342 Å². The number of hydrogen-bond acceptors (Lipinski definition) is 3. The Morgan fingerprint density at radius 2 is 0.746 bits per heavy atom. The van der Waals surface area contributed by atoms with Crippen LogP contribution in [0, 0.1) is 0 Å². The van der Waals surface area contributed by atoms with Crippen molar-refractivity contribution in [2.75, 3.05) is 0 Å². The predicted molar refractivity (Wildman–Crippen MR) is 247 cm³/mol. The second-order valence-electron chi connectivity index (χ2n) is 16.4. The molecule has 0 bridgehead atoms. The van der Waals surface area contributed by atoms with Gasteiger partial charge in [0.1, 0.15) is 0 Å². The van der Waals surface area contributed by atoms with Crippen molar-refractivity contribution in [2.45, 2.75) is 19.3 Å². The summed E-state index contributed by atoms with van der Waals surface area (Å²) >= 11 is 0. The van der Waals surface area contributed by atoms with Gasteiger partial charge in [0.05, 0.1) is 0 Å². The van der Waals surface area contributed by atoms with Crippen molar-refractivity contribution >= 4 is 53.9 Å². The highest BCUT2D eigenvalue weighted by Crippen LogP contribution is 2.50. The van der Waals surface area contributed by atoms with Crippen LogP contribution >= 0.6 is 0 Å². The molecule has 0 atom stereocenters. The van der Waals surface area contributed by atoms with Crippen LogP contribution in [0.5, 0.6) is 0 Å². The van der Waals surface area contributed by atoms with Crippen molar-refractivity contribution in [3.63, 3.8) is 0 Å². The van der Waals surface area contributed by atoms with Crippen LogP contribution in [0.25, 0.3) is 110 Å². The summed E-state index contributed by atoms with van der Waals surface area (Å²) in [6.45, 7) is 4.66. The van der Waals surface area contributed by atoms with Crippen LogP contribution in [0.4, 0.5) is 0 Å². The number of nitrogens with zero attached hydrogens (tertiary/aromatic N) is 3. The predicted octanol–water partition coefficient (Wildman–Crippen LogP) is 14.6. The summed E-state index contributed by atoms with van der Waals surface area (Å²) in [6, 6.07) is 68.0. The van der Waals surface area contributed by atoms with Crippen molar-refractivity contribution < 1.29 is 0 Å². The third kappa shape index (κ3) is 5.25. The molecule has 11 aromatic rings. The number of rotatable bonds is 4. The Balaban J connectivity index is 1.04. The quantitative estimate of drug-likeness (QED) is 0.168. The molecule has 3 nitrogen and oxygen atoms in total. The molecule has 1 aliphatic rings. The van der Waals surface area contributed by atoms with E-state index < -0.39 is 0 Å². The van der Waals surface area contributed by atoms with Gasteiger partial charge in [-0.2, -0.15) is 0 Å². The molecule has 0 saturated carbocycles. The van der Waals surface area contributed by atoms with Gasteiger partial charge in [-0.25, -0.2) is 15.0 Å². The lowest BCUT2D eigenvalue weighted by Crippen LogP contribution is -2.14. The van der Waals surface area contributed by atoms with Gasteiger partial charge in [0.25, 0.3) is 0 Å². The zero-order valence-corrected chi connectivity index (χ0v) is 32.7. The van der Waals surface area contributed by atoms with Crippen LogP contribution in [-0.4, -0.2) is 15.0 Å². The molecule has 0 aliphatic heterocycles. The zero-order chi connectivity index (χ0) is 39.2. The van der Waals surface area contributed by atoms with Crippen LogP contribution in [0.15, 0.2) is 188 Å². The van der Waals surface area contributed by atoms with Gasteiger partial charge in [-0.15, -0.1) is 0 Å². The summed E-state index contributed by atoms with van der Waals surface area (Å²) in [5, 5.41) is 11.9. The zero-order valence-electron chi connectivity index (χ0n) is 32.7. The maximum absolute atomic E-state index is 5.29. The van der Waals surface area contributed by atoms with Gasteiger partial charge < -0.3 is 0 Å². The molecular weight excluding hydrogens is 715 g/mol. The fourth-order valence-corrected chi connectivity index (χ4v) is 9.70. The third-order valence-corrected chi connectivity index (χ3v) is 12.7. The highest BCUT2D eigenvalue weighted by Gasteiger charge is 2.35. The maximum Gasteiger partial charge on any atom is 0.164 e. The van der Waals surface area contributed by atoms with E-state index in [4.69, 9.17) is 15.0 Å². The van der Waals surface area contributed by atoms with Crippen LogP contribution in [0.1, 0.15) is 25.0 Å². The molecule has 3 heteroatoms. The van der Waals surface area contributed by atoms with E-state index in [-0.39, 0.29) is 5.41 Å². The number of benzene rings is 10. The third-order valence-electron chi connectivity index (χ3n) is 12.7. The Morgan fingerprint density at radius 1 is 0.288 bits per heavy atom. The molecule has 0 amide bonds. The lowest BCUT2D eigenvalue weighted by Gasteiger charge is -2.21. The average molecular weight is 752 g/mol. The largest absolute Gasteiger partial charge is 0.208 e. The molecule has 59 heavy (non-hydrogen) atoms. The van der Waals surface area contributed by atoms with E-state index in [9.17, 15) is 0 Å². The van der Waals surface area contributed by atoms with Gasteiger partial charge >= 0.3 is 0 Å². The van der Waals surface area contributed by atoms with E-state index in [1.54, 1.807) is 0 Å². The van der Waals surface area contributed by atoms with Crippen molar-refractivity contribution in [1.29, 1.82) is 0 Å². The number of aromatic nitrogens is 3. The van der Waals surface area contributed by atoms with E-state index in [0.717, 1.165) is 38.2 Å². The summed E-state index contributed by atoms with van der Waals surface area (Å²) in [7, 11) is 0. The highest BCUT2D eigenvalue weighted by atomic mass is 15.0. The SMILES string of the molecule is CC1(C)c2ccccc2-c2cc(-c3cccc4c(-c5nc(-c6ccc7c(ccc8ccccc87)c6)nc(-c6ccc7c(ccc8ccccc87)c6)n5)cccc34)ccc21. The Kier molecular flexibility index (Phi) is 7.27. The molecular formula is C56H37N3. The summed E-state index contributed by atoms with van der Waals surface area (Å²) < 4.78 is 0. The van der Waals surface area contributed by atoms with Crippen LogP contribution in [0.2, 0.25) is 0 Å². The molecule has 0 spiro atoms. The van der Waals surface area contributed by atoms with Gasteiger partial charge in [0.15, 0.2) is 17.5 Å². The molecule has 10 aromatic carbocycles. The van der Waals surface area contributed by atoms with E-state index in [1.165, 1.54) is 65.7 Å². The monoisotopic (exact) mass is 751 g/mol. The van der Waals surface area contributed by atoms with Crippen molar-refractivity contribution in [2.24, 2.45) is 0 Å². The first-order chi connectivity index (χ1) is 29.0. The first kappa shape index (κ1) is 33.6. The van der Waals surface area contributed by atoms with Gasteiger partial charge in [-0.05, 0) is 105 Å². The lowest BCUT2D eigenvalue weighted by atomic mass is 9.82. The summed E-state index contributed by atoms with van der Waals surface area (Å²) in [5.41, 5.74) is 10.6. The highest BCUT2D eigenvalue weighted by molar-refractivity contribution is 6.10. The first-order valence-electron chi connectivity index (χ1n) is 20.3. The van der Waals surface area contributed by atoms with Gasteiger partial charge in [0, 0.05) is 22.1 Å².